The number of likely N-dealkylation sites (N-methyl/N-ethyl adjacent to an activating group) is 1. The van der Waals surface area contributed by atoms with E-state index in [1.54, 1.807) is 0 Å². The van der Waals surface area contributed by atoms with Gasteiger partial charge in [-0.15, -0.1) is 0 Å². The van der Waals surface area contributed by atoms with Crippen molar-refractivity contribution < 1.29 is 9.53 Å². The van der Waals surface area contributed by atoms with Crippen molar-refractivity contribution in [1.82, 2.24) is 25.8 Å². The number of nitrogens with one attached hydrogen (secondary N) is 3. The van der Waals surface area contributed by atoms with Crippen molar-refractivity contribution in [2.45, 2.75) is 123 Å². The van der Waals surface area contributed by atoms with Gasteiger partial charge in [0.2, 0.25) is 5.91 Å². The third-order valence-corrected chi connectivity index (χ3v) is 11.0. The first-order valence-electron chi connectivity index (χ1n) is 17.2. The summed E-state index contributed by atoms with van der Waals surface area (Å²) in [6.45, 7) is 20.6. The normalized spacial score (nSPS) is 34.4. The summed E-state index contributed by atoms with van der Waals surface area (Å²) < 4.78 is 6.72. The molecule has 4 fully saturated rings. The Morgan fingerprint density at radius 1 is 0.953 bits per heavy atom. The highest BCUT2D eigenvalue weighted by Gasteiger charge is 2.51. The molecule has 43 heavy (non-hydrogen) atoms. The fourth-order valence-electron chi connectivity index (χ4n) is 8.28. The van der Waals surface area contributed by atoms with Crippen LogP contribution in [0.4, 0.5) is 0 Å². The number of hydrogen-bond donors (Lipinski definition) is 3. The third kappa shape index (κ3) is 9.54. The molecule has 6 unspecified atom stereocenters. The van der Waals surface area contributed by atoms with E-state index < -0.39 is 0 Å². The van der Waals surface area contributed by atoms with Crippen LogP contribution in [0.25, 0.3) is 10.4 Å². The van der Waals surface area contributed by atoms with Gasteiger partial charge in [-0.05, 0) is 86.1 Å². The average Bonchev–Trinajstić information content (AvgIpc) is 3.38. The van der Waals surface area contributed by atoms with E-state index in [4.69, 9.17) is 10.3 Å². The zero-order chi connectivity index (χ0) is 31.2. The Hall–Kier alpha value is -1.42. The Bertz CT molecular complexity index is 910. The molecule has 2 saturated heterocycles. The summed E-state index contributed by atoms with van der Waals surface area (Å²) in [4.78, 5) is 20.5. The van der Waals surface area contributed by atoms with Crippen LogP contribution in [0, 0.1) is 28.6 Å². The molecule has 0 aromatic rings. The Morgan fingerprint density at radius 2 is 1.60 bits per heavy atom. The number of piperazine rings is 1. The summed E-state index contributed by atoms with van der Waals surface area (Å²) in [7, 11) is 2.24. The molecule has 6 atom stereocenters. The van der Waals surface area contributed by atoms with Gasteiger partial charge in [0.25, 0.3) is 0 Å². The predicted octanol–water partition coefficient (Wildman–Crippen LogP) is 4.76. The van der Waals surface area contributed by atoms with E-state index in [1.807, 2.05) is 0 Å². The van der Waals surface area contributed by atoms with Crippen LogP contribution < -0.4 is 16.0 Å². The lowest BCUT2D eigenvalue weighted by atomic mass is 9.58. The van der Waals surface area contributed by atoms with Crippen LogP contribution in [0.1, 0.15) is 92.9 Å². The number of nitrogens with zero attached hydrogens (tertiary/aromatic N) is 5. The van der Waals surface area contributed by atoms with Crippen molar-refractivity contribution in [3.63, 3.8) is 0 Å². The lowest BCUT2D eigenvalue weighted by Crippen LogP contribution is -2.54. The Balaban J connectivity index is 1.34. The minimum atomic E-state index is 0.0360. The predicted molar refractivity (Wildman–Crippen MR) is 174 cm³/mol. The average molecular weight is 603 g/mol. The molecule has 3 N–H and O–H groups in total. The zero-order valence-corrected chi connectivity index (χ0v) is 28.3. The number of carbonyl (C=O) groups is 1. The topological polar surface area (TPSA) is 118 Å². The minimum absolute atomic E-state index is 0.0360. The van der Waals surface area contributed by atoms with E-state index in [0.29, 0.717) is 68.2 Å². The van der Waals surface area contributed by atoms with Gasteiger partial charge in [-0.25, -0.2) is 0 Å². The fourth-order valence-corrected chi connectivity index (χ4v) is 8.28. The number of ether oxygens (including phenoxy) is 1. The maximum absolute atomic E-state index is 12.5. The number of amides is 1. The molecule has 0 spiro atoms. The van der Waals surface area contributed by atoms with Crippen molar-refractivity contribution in [3.8, 4) is 0 Å². The summed E-state index contributed by atoms with van der Waals surface area (Å²) in [5.41, 5.74) is 8.61. The Labute approximate surface area is 261 Å². The largest absolute Gasteiger partial charge is 0.377 e. The molecule has 10 nitrogen and oxygen atoms in total. The molecule has 2 saturated carbocycles. The maximum atomic E-state index is 12.5. The Morgan fingerprint density at radius 3 is 2.23 bits per heavy atom. The summed E-state index contributed by atoms with van der Waals surface area (Å²) >= 11 is 0. The first-order valence-corrected chi connectivity index (χ1v) is 17.2. The van der Waals surface area contributed by atoms with Gasteiger partial charge in [0.05, 0.1) is 18.9 Å². The van der Waals surface area contributed by atoms with Crippen molar-refractivity contribution in [2.24, 2.45) is 33.7 Å². The van der Waals surface area contributed by atoms with Crippen LogP contribution in [-0.4, -0.2) is 99.0 Å². The highest BCUT2D eigenvalue weighted by atomic mass is 16.5. The molecule has 10 heteroatoms. The molecule has 2 aliphatic heterocycles. The molecule has 2 aliphatic carbocycles. The molecule has 2 heterocycles. The van der Waals surface area contributed by atoms with Gasteiger partial charge in [0, 0.05) is 68.7 Å². The van der Waals surface area contributed by atoms with Crippen molar-refractivity contribution in [3.05, 3.63) is 10.4 Å². The van der Waals surface area contributed by atoms with E-state index >= 15 is 0 Å². The van der Waals surface area contributed by atoms with E-state index in [0.717, 1.165) is 25.7 Å². The van der Waals surface area contributed by atoms with E-state index in [2.05, 4.69) is 84.4 Å². The van der Waals surface area contributed by atoms with Gasteiger partial charge < -0.3 is 15.0 Å². The molecule has 1 amide bonds. The second-order valence-corrected chi connectivity index (χ2v) is 16.1. The van der Waals surface area contributed by atoms with Gasteiger partial charge in [0.1, 0.15) is 0 Å². The molecule has 0 aromatic carbocycles. The highest BCUT2D eigenvalue weighted by molar-refractivity contribution is 5.75. The van der Waals surface area contributed by atoms with Crippen molar-refractivity contribution >= 4 is 5.91 Å². The van der Waals surface area contributed by atoms with E-state index in [-0.39, 0.29) is 22.8 Å². The van der Waals surface area contributed by atoms with Crippen LogP contribution in [0.3, 0.4) is 0 Å². The highest BCUT2D eigenvalue weighted by Crippen LogP contribution is 2.51. The first kappa shape index (κ1) is 34.5. The lowest BCUT2D eigenvalue weighted by Gasteiger charge is -2.52. The van der Waals surface area contributed by atoms with Gasteiger partial charge in [-0.1, -0.05) is 46.7 Å². The van der Waals surface area contributed by atoms with Crippen molar-refractivity contribution in [1.29, 1.82) is 0 Å². The Kier molecular flexibility index (Phi) is 12.2. The quantitative estimate of drug-likeness (QED) is 0.136. The second kappa shape index (κ2) is 15.2. The number of fused-ring (bicyclic) bond motifs is 1. The molecule has 0 aromatic heterocycles. The van der Waals surface area contributed by atoms with Gasteiger partial charge in [0.15, 0.2) is 0 Å². The van der Waals surface area contributed by atoms with Gasteiger partial charge >= 0.3 is 0 Å². The number of rotatable bonds is 11. The lowest BCUT2D eigenvalue weighted by molar-refractivity contribution is -0.134. The molecule has 0 radical (unpaired) electrons. The summed E-state index contributed by atoms with van der Waals surface area (Å²) in [6, 6.07) is 1.87. The fraction of sp³-hybridized carbons (Fsp3) is 0.970. The molecule has 246 valence electrons. The van der Waals surface area contributed by atoms with E-state index in [9.17, 15) is 4.79 Å². The van der Waals surface area contributed by atoms with Crippen LogP contribution >= 0.6 is 0 Å². The van der Waals surface area contributed by atoms with Crippen LogP contribution in [0.2, 0.25) is 0 Å². The summed E-state index contributed by atoms with van der Waals surface area (Å²) in [5, 5.41) is 14.8. The first-order chi connectivity index (χ1) is 20.4. The number of carbonyl (C=O) groups excluding carboxylic acids is 1. The van der Waals surface area contributed by atoms with Gasteiger partial charge in [-0.2, -0.15) is 0 Å². The number of hydrogen-bond acceptors (Lipinski definition) is 7. The summed E-state index contributed by atoms with van der Waals surface area (Å²) in [5.74, 6) is 1.44. The standard InChI is InChI=1S/C33H62N8O2/c1-32(2,3)25-20-23(31-37-27-11-10-24(22-28(27)38-31)41-17-15-40(7)16-18-41)21-26(33(4,5)6)30(25)43-19-12-29(42)35-13-8-9-14-36-39-34/h23-28,30-31,37-38H,8-22H2,1-7H3,(H,35,42). The SMILES string of the molecule is CN1CCN(C2CCC3NC(C4CC(C(C)(C)C)C(OCCC(=O)NCCCCN=[N+]=[N-])C(C(C)(C)C)C4)NC3C2)CC1. The molecule has 0 bridgehead atoms. The van der Waals surface area contributed by atoms with Crippen LogP contribution in [-0.2, 0) is 9.53 Å². The zero-order valence-electron chi connectivity index (χ0n) is 28.3. The molecule has 4 aliphatic rings. The summed E-state index contributed by atoms with van der Waals surface area (Å²) in [6.07, 6.45) is 8.61. The molecular weight excluding hydrogens is 540 g/mol. The number of unbranched alkanes of at least 4 members (excludes halogenated alkanes) is 1. The number of azide groups is 1. The van der Waals surface area contributed by atoms with E-state index in [1.165, 1.54) is 45.4 Å². The minimum Gasteiger partial charge on any atom is -0.377 e. The second-order valence-electron chi connectivity index (χ2n) is 16.1. The third-order valence-electron chi connectivity index (χ3n) is 11.0. The maximum Gasteiger partial charge on any atom is 0.222 e. The van der Waals surface area contributed by atoms with Crippen LogP contribution in [0.15, 0.2) is 5.11 Å². The monoisotopic (exact) mass is 602 g/mol. The smallest absolute Gasteiger partial charge is 0.222 e. The molecule has 4 rings (SSSR count). The van der Waals surface area contributed by atoms with Crippen molar-refractivity contribution in [2.75, 3.05) is 52.9 Å². The van der Waals surface area contributed by atoms with Gasteiger partial charge in [-0.3, -0.25) is 20.3 Å². The molecular formula is C33H62N8O2. The van der Waals surface area contributed by atoms with Crippen LogP contribution in [0.5, 0.6) is 0 Å².